The Morgan fingerprint density at radius 3 is 2.66 bits per heavy atom. The van der Waals surface area contributed by atoms with Crippen LogP contribution in [0.25, 0.3) is 22.4 Å². The lowest BCUT2D eigenvalue weighted by molar-refractivity contribution is -0.123. The summed E-state index contributed by atoms with van der Waals surface area (Å²) in [5.74, 6) is -0.0209. The maximum atomic E-state index is 13.1. The van der Waals surface area contributed by atoms with E-state index in [1.807, 2.05) is 30.3 Å². The van der Waals surface area contributed by atoms with Gasteiger partial charge in [0.15, 0.2) is 6.10 Å². The van der Waals surface area contributed by atoms with Gasteiger partial charge in [-0.1, -0.05) is 51.1 Å². The van der Waals surface area contributed by atoms with Crippen LogP contribution in [0.2, 0.25) is 0 Å². The molecule has 2 atom stereocenters. The molecule has 194 valence electrons. The number of hydrogen-bond donors (Lipinski definition) is 2. The number of nitrogens with zero attached hydrogens (tertiary/aromatic N) is 2. The predicted octanol–water partition coefficient (Wildman–Crippen LogP) is 6.50. The van der Waals surface area contributed by atoms with Crippen LogP contribution < -0.4 is 5.32 Å². The average Bonchev–Trinajstić information content (AvgIpc) is 3.48. The molecule has 7 nitrogen and oxygen atoms in total. The number of H-pyrrole nitrogens is 1. The van der Waals surface area contributed by atoms with Gasteiger partial charge in [0.25, 0.3) is 5.91 Å². The fourth-order valence-electron chi connectivity index (χ4n) is 4.97. The summed E-state index contributed by atoms with van der Waals surface area (Å²) in [5.41, 5.74) is 4.30. The van der Waals surface area contributed by atoms with Crippen LogP contribution in [0.1, 0.15) is 60.5 Å². The van der Waals surface area contributed by atoms with Crippen LogP contribution in [0.3, 0.4) is 0 Å². The third-order valence-corrected chi connectivity index (χ3v) is 8.45. The maximum absolute atomic E-state index is 13.1. The molecule has 1 aliphatic carbocycles. The van der Waals surface area contributed by atoms with Gasteiger partial charge in [-0.2, -0.15) is 5.26 Å². The molecule has 0 radical (unpaired) electrons. The lowest BCUT2D eigenvalue weighted by atomic mass is 9.72. The summed E-state index contributed by atoms with van der Waals surface area (Å²) in [4.78, 5) is 35.2. The number of rotatable bonds is 5. The van der Waals surface area contributed by atoms with E-state index in [9.17, 15) is 14.9 Å². The Bertz CT molecular complexity index is 1540. The molecule has 2 aromatic heterocycles. The van der Waals surface area contributed by atoms with E-state index in [1.54, 1.807) is 18.2 Å². The molecule has 0 bridgehead atoms. The van der Waals surface area contributed by atoms with Crippen molar-refractivity contribution in [3.05, 3.63) is 70.1 Å². The number of carbonyl (C=O) groups is 2. The quantitative estimate of drug-likeness (QED) is 0.289. The Balaban J connectivity index is 1.32. The highest BCUT2D eigenvalue weighted by Gasteiger charge is 2.33. The number of benzene rings is 2. The summed E-state index contributed by atoms with van der Waals surface area (Å²) >= 11 is 1.46. The normalized spacial score (nSPS) is 15.9. The molecule has 4 aromatic rings. The monoisotopic (exact) mass is 526 g/mol. The summed E-state index contributed by atoms with van der Waals surface area (Å²) in [6, 6.07) is 16.9. The van der Waals surface area contributed by atoms with Crippen LogP contribution >= 0.6 is 11.3 Å². The summed E-state index contributed by atoms with van der Waals surface area (Å²) in [6.07, 6.45) is 1.69. The van der Waals surface area contributed by atoms with Crippen LogP contribution in [0.4, 0.5) is 5.00 Å². The van der Waals surface area contributed by atoms with Gasteiger partial charge in [-0.25, -0.2) is 9.78 Å². The highest BCUT2D eigenvalue weighted by molar-refractivity contribution is 7.16. The molecule has 2 heterocycles. The van der Waals surface area contributed by atoms with Crippen molar-refractivity contribution in [3.8, 4) is 17.5 Å². The van der Waals surface area contributed by atoms with E-state index >= 15 is 0 Å². The molecule has 0 saturated heterocycles. The minimum Gasteiger partial charge on any atom is -0.449 e. The summed E-state index contributed by atoms with van der Waals surface area (Å²) in [6.45, 7) is 8.26. The van der Waals surface area contributed by atoms with Crippen molar-refractivity contribution in [2.24, 2.45) is 11.3 Å². The molecule has 1 amide bonds. The van der Waals surface area contributed by atoms with E-state index in [4.69, 9.17) is 4.74 Å². The second-order valence-electron chi connectivity index (χ2n) is 10.8. The molecule has 2 aromatic carbocycles. The first-order chi connectivity index (χ1) is 18.2. The summed E-state index contributed by atoms with van der Waals surface area (Å²) in [5, 5.41) is 13.2. The number of fused-ring (bicyclic) bond motifs is 2. The molecule has 0 aliphatic heterocycles. The smallest absolute Gasteiger partial charge is 0.339 e. The number of imidazole rings is 1. The summed E-state index contributed by atoms with van der Waals surface area (Å²) in [7, 11) is 0. The molecule has 0 fully saturated rings. The molecule has 2 unspecified atom stereocenters. The minimum atomic E-state index is -1.06. The van der Waals surface area contributed by atoms with Gasteiger partial charge in [-0.05, 0) is 61.3 Å². The van der Waals surface area contributed by atoms with Crippen LogP contribution in [-0.4, -0.2) is 27.9 Å². The zero-order valence-corrected chi connectivity index (χ0v) is 22.7. The van der Waals surface area contributed by atoms with Crippen LogP contribution in [0.15, 0.2) is 48.5 Å². The molecule has 0 spiro atoms. The van der Waals surface area contributed by atoms with Crippen molar-refractivity contribution in [1.82, 2.24) is 9.97 Å². The van der Waals surface area contributed by atoms with Crippen LogP contribution in [0.5, 0.6) is 0 Å². The van der Waals surface area contributed by atoms with Crippen molar-refractivity contribution in [2.45, 2.75) is 53.1 Å². The molecular formula is C30H30N4O3S. The first kappa shape index (κ1) is 25.7. The molecule has 2 N–H and O–H groups in total. The second kappa shape index (κ2) is 10.1. The van der Waals surface area contributed by atoms with E-state index in [1.165, 1.54) is 18.3 Å². The Morgan fingerprint density at radius 1 is 1.18 bits per heavy atom. The number of thiophene rings is 1. The highest BCUT2D eigenvalue weighted by Crippen LogP contribution is 2.44. The zero-order chi connectivity index (χ0) is 27.0. The largest absolute Gasteiger partial charge is 0.449 e. The van der Waals surface area contributed by atoms with Crippen molar-refractivity contribution < 1.29 is 14.3 Å². The number of anilines is 1. The van der Waals surface area contributed by atoms with E-state index in [2.05, 4.69) is 42.1 Å². The van der Waals surface area contributed by atoms with E-state index < -0.39 is 18.0 Å². The molecule has 0 saturated carbocycles. The lowest BCUT2D eigenvalue weighted by Crippen LogP contribution is -2.30. The number of esters is 1. The Hall–Kier alpha value is -3.96. The highest BCUT2D eigenvalue weighted by atomic mass is 32.1. The second-order valence-corrected chi connectivity index (χ2v) is 11.9. The third-order valence-electron chi connectivity index (χ3n) is 7.28. The molecule has 1 aliphatic rings. The Morgan fingerprint density at radius 2 is 1.92 bits per heavy atom. The van der Waals surface area contributed by atoms with Crippen LogP contribution in [-0.2, 0) is 22.4 Å². The maximum Gasteiger partial charge on any atom is 0.339 e. The van der Waals surface area contributed by atoms with Gasteiger partial charge < -0.3 is 15.0 Å². The number of amides is 1. The molecule has 38 heavy (non-hydrogen) atoms. The molecule has 8 heteroatoms. The van der Waals surface area contributed by atoms with E-state index in [0.29, 0.717) is 33.4 Å². The summed E-state index contributed by atoms with van der Waals surface area (Å²) < 4.78 is 5.57. The van der Waals surface area contributed by atoms with Crippen molar-refractivity contribution in [3.63, 3.8) is 0 Å². The van der Waals surface area contributed by atoms with Gasteiger partial charge in [-0.15, -0.1) is 11.3 Å². The number of nitriles is 1. The first-order valence-corrected chi connectivity index (χ1v) is 13.6. The number of aromatic amines is 1. The van der Waals surface area contributed by atoms with Gasteiger partial charge in [0, 0.05) is 10.4 Å². The van der Waals surface area contributed by atoms with Crippen molar-refractivity contribution >= 4 is 39.2 Å². The van der Waals surface area contributed by atoms with Crippen LogP contribution in [0, 0.1) is 22.7 Å². The number of aromatic nitrogens is 2. The Kier molecular flexibility index (Phi) is 6.80. The van der Waals surface area contributed by atoms with Gasteiger partial charge in [0.1, 0.15) is 16.9 Å². The molecule has 5 rings (SSSR count). The predicted molar refractivity (Wildman–Crippen MR) is 149 cm³/mol. The van der Waals surface area contributed by atoms with Crippen molar-refractivity contribution in [1.29, 1.82) is 5.26 Å². The fourth-order valence-corrected chi connectivity index (χ4v) is 6.25. The van der Waals surface area contributed by atoms with E-state index in [0.717, 1.165) is 40.7 Å². The van der Waals surface area contributed by atoms with Gasteiger partial charge in [0.2, 0.25) is 0 Å². The first-order valence-electron chi connectivity index (χ1n) is 12.8. The Labute approximate surface area is 225 Å². The fraction of sp³-hybridized carbons (Fsp3) is 0.333. The molecular weight excluding hydrogens is 496 g/mol. The number of para-hydroxylation sites is 2. The lowest BCUT2D eigenvalue weighted by Gasteiger charge is -2.33. The third kappa shape index (κ3) is 4.94. The number of carbonyl (C=O) groups excluding carboxylic acids is 2. The minimum absolute atomic E-state index is 0.180. The standard InChI is InChI=1S/C30H30N4O3S/c1-17(27(35)34-28-22(16-31)19-14-13-18(30(2,3)4)15-25(19)38-28)37-29(36)21-10-6-5-9-20(21)26-32-23-11-7-8-12-24(23)33-26/h5-12,17-18H,13-15H2,1-4H3,(H,32,33)(H,34,35). The van der Waals surface area contributed by atoms with E-state index in [-0.39, 0.29) is 5.41 Å². The zero-order valence-electron chi connectivity index (χ0n) is 21.9. The van der Waals surface area contributed by atoms with Gasteiger partial charge in [-0.3, -0.25) is 4.79 Å². The number of ether oxygens (including phenoxy) is 1. The topological polar surface area (TPSA) is 108 Å². The van der Waals surface area contributed by atoms with Crippen molar-refractivity contribution in [2.75, 3.05) is 5.32 Å². The number of hydrogen-bond acceptors (Lipinski definition) is 6. The van der Waals surface area contributed by atoms with Gasteiger partial charge in [0.05, 0.1) is 22.2 Å². The average molecular weight is 527 g/mol. The van der Waals surface area contributed by atoms with Gasteiger partial charge >= 0.3 is 5.97 Å². The SMILES string of the molecule is CC(OC(=O)c1ccccc1-c1nc2ccccc2[nH]1)C(=O)Nc1sc2c(c1C#N)CCC(C(C)(C)C)C2. The number of nitrogens with one attached hydrogen (secondary N) is 2.